The second kappa shape index (κ2) is 8.05. The number of likely N-dealkylation sites (tertiary alicyclic amines) is 1. The average Bonchev–Trinajstić information content (AvgIpc) is 2.42. The monoisotopic (exact) mass is 256 g/mol. The lowest BCUT2D eigenvalue weighted by Crippen LogP contribution is -2.44. The normalized spacial score (nSPS) is 17.4. The minimum absolute atomic E-state index is 0.334. The van der Waals surface area contributed by atoms with Crippen molar-refractivity contribution in [1.82, 2.24) is 15.5 Å². The molecule has 1 rings (SSSR count). The zero-order valence-electron chi connectivity index (χ0n) is 11.1. The van der Waals surface area contributed by atoms with E-state index in [0.717, 1.165) is 32.5 Å². The lowest BCUT2D eigenvalue weighted by Gasteiger charge is -2.30. The first-order chi connectivity index (χ1) is 8.67. The maximum Gasteiger partial charge on any atom is 0.309 e. The first-order valence-corrected chi connectivity index (χ1v) is 6.65. The van der Waals surface area contributed by atoms with Gasteiger partial charge in [0.2, 0.25) is 0 Å². The van der Waals surface area contributed by atoms with Gasteiger partial charge in [0.1, 0.15) is 0 Å². The molecule has 0 aromatic heterocycles. The van der Waals surface area contributed by atoms with Gasteiger partial charge in [-0.3, -0.25) is 9.59 Å². The number of carbonyl (C=O) groups excluding carboxylic acids is 2. The predicted octanol–water partition coefficient (Wildman–Crippen LogP) is -1.09. The molecular formula is C12H24N4O2. The molecule has 0 unspecified atom stereocenters. The largest absolute Gasteiger partial charge is 0.348 e. The van der Waals surface area contributed by atoms with Crippen LogP contribution in [0.2, 0.25) is 0 Å². The van der Waals surface area contributed by atoms with Gasteiger partial charge >= 0.3 is 11.8 Å². The Balaban J connectivity index is 2.17. The Hall–Kier alpha value is -1.14. The van der Waals surface area contributed by atoms with Crippen molar-refractivity contribution in [3.05, 3.63) is 0 Å². The van der Waals surface area contributed by atoms with E-state index in [-0.39, 0.29) is 0 Å². The summed E-state index contributed by atoms with van der Waals surface area (Å²) in [7, 11) is 0. The molecule has 6 heteroatoms. The molecule has 0 saturated carbocycles. The summed E-state index contributed by atoms with van der Waals surface area (Å²) in [6.45, 7) is 6.67. The summed E-state index contributed by atoms with van der Waals surface area (Å²) in [4.78, 5) is 25.1. The van der Waals surface area contributed by atoms with E-state index in [1.54, 1.807) is 0 Å². The smallest absolute Gasteiger partial charge is 0.309 e. The Kier molecular flexibility index (Phi) is 6.67. The van der Waals surface area contributed by atoms with Gasteiger partial charge in [-0.15, -0.1) is 0 Å². The Labute approximate surface area is 108 Å². The molecule has 0 atom stereocenters. The average molecular weight is 256 g/mol. The Bertz CT molecular complexity index is 275. The van der Waals surface area contributed by atoms with Gasteiger partial charge in [0.15, 0.2) is 0 Å². The predicted molar refractivity (Wildman–Crippen MR) is 69.9 cm³/mol. The van der Waals surface area contributed by atoms with Gasteiger partial charge in [-0.1, -0.05) is 6.92 Å². The number of nitrogens with one attached hydrogen (secondary N) is 2. The minimum atomic E-state index is -0.591. The number of amides is 2. The summed E-state index contributed by atoms with van der Waals surface area (Å²) in [6, 6.07) is 0. The fraction of sp³-hybridized carbons (Fsp3) is 0.833. The van der Waals surface area contributed by atoms with Crippen LogP contribution >= 0.6 is 0 Å². The van der Waals surface area contributed by atoms with Gasteiger partial charge < -0.3 is 21.3 Å². The number of rotatable bonds is 5. The molecule has 0 bridgehead atoms. The first-order valence-electron chi connectivity index (χ1n) is 6.65. The summed E-state index contributed by atoms with van der Waals surface area (Å²) in [5, 5.41) is 5.14. The van der Waals surface area contributed by atoms with Crippen LogP contribution in [0.25, 0.3) is 0 Å². The summed E-state index contributed by atoms with van der Waals surface area (Å²) in [5.74, 6) is -0.660. The van der Waals surface area contributed by atoms with Gasteiger partial charge in [0, 0.05) is 19.6 Å². The molecule has 1 saturated heterocycles. The molecule has 1 fully saturated rings. The maximum absolute atomic E-state index is 11.4. The van der Waals surface area contributed by atoms with Gasteiger partial charge in [-0.05, 0) is 38.4 Å². The molecule has 18 heavy (non-hydrogen) atoms. The third-order valence-corrected chi connectivity index (χ3v) is 3.34. The van der Waals surface area contributed by atoms with Crippen LogP contribution in [0.4, 0.5) is 0 Å². The Morgan fingerprint density at radius 2 is 1.83 bits per heavy atom. The highest BCUT2D eigenvalue weighted by molar-refractivity contribution is 6.35. The highest BCUT2D eigenvalue weighted by Crippen LogP contribution is 2.15. The third kappa shape index (κ3) is 5.01. The SMILES string of the molecule is CCN1CCC(CNC(=O)C(=O)NCCN)CC1. The highest BCUT2D eigenvalue weighted by Gasteiger charge is 2.20. The molecule has 0 aliphatic carbocycles. The van der Waals surface area contributed by atoms with E-state index >= 15 is 0 Å². The number of hydrogen-bond acceptors (Lipinski definition) is 4. The highest BCUT2D eigenvalue weighted by atomic mass is 16.2. The number of piperidine rings is 1. The van der Waals surface area contributed by atoms with Crippen LogP contribution in [0, 0.1) is 5.92 Å². The molecule has 6 nitrogen and oxygen atoms in total. The number of nitrogens with zero attached hydrogens (tertiary/aromatic N) is 1. The maximum atomic E-state index is 11.4. The second-order valence-electron chi connectivity index (χ2n) is 4.63. The molecule has 0 aromatic carbocycles. The molecular weight excluding hydrogens is 232 g/mol. The van der Waals surface area contributed by atoms with E-state index in [9.17, 15) is 9.59 Å². The molecule has 4 N–H and O–H groups in total. The Morgan fingerprint density at radius 1 is 1.22 bits per heavy atom. The van der Waals surface area contributed by atoms with Gasteiger partial charge in [0.25, 0.3) is 0 Å². The number of carbonyl (C=O) groups is 2. The van der Waals surface area contributed by atoms with Crippen molar-refractivity contribution in [2.24, 2.45) is 11.7 Å². The van der Waals surface area contributed by atoms with Crippen molar-refractivity contribution >= 4 is 11.8 Å². The van der Waals surface area contributed by atoms with Gasteiger partial charge in [-0.2, -0.15) is 0 Å². The molecule has 2 amide bonds. The summed E-state index contributed by atoms with van der Waals surface area (Å²) >= 11 is 0. The first kappa shape index (κ1) is 14.9. The molecule has 1 aliphatic rings. The van der Waals surface area contributed by atoms with Crippen LogP contribution in [-0.2, 0) is 9.59 Å². The van der Waals surface area contributed by atoms with Crippen molar-refractivity contribution in [2.45, 2.75) is 19.8 Å². The molecule has 1 aliphatic heterocycles. The van der Waals surface area contributed by atoms with E-state index in [4.69, 9.17) is 5.73 Å². The summed E-state index contributed by atoms with van der Waals surface area (Å²) in [6.07, 6.45) is 2.16. The van der Waals surface area contributed by atoms with Crippen LogP contribution in [0.3, 0.4) is 0 Å². The topological polar surface area (TPSA) is 87.5 Å². The van der Waals surface area contributed by atoms with Crippen LogP contribution < -0.4 is 16.4 Å². The van der Waals surface area contributed by atoms with Crippen LogP contribution in [0.15, 0.2) is 0 Å². The molecule has 1 heterocycles. The zero-order chi connectivity index (χ0) is 13.4. The van der Waals surface area contributed by atoms with Crippen molar-refractivity contribution in [3.63, 3.8) is 0 Å². The van der Waals surface area contributed by atoms with Crippen molar-refractivity contribution in [3.8, 4) is 0 Å². The standard InChI is InChI=1S/C12H24N4O2/c1-2-16-7-3-10(4-8-16)9-15-12(18)11(17)14-6-5-13/h10H,2-9,13H2,1H3,(H,14,17)(H,15,18). The number of hydrogen-bond donors (Lipinski definition) is 3. The molecule has 0 spiro atoms. The van der Waals surface area contributed by atoms with E-state index in [1.165, 1.54) is 0 Å². The van der Waals surface area contributed by atoms with Crippen LogP contribution in [0.5, 0.6) is 0 Å². The van der Waals surface area contributed by atoms with E-state index in [2.05, 4.69) is 22.5 Å². The molecule has 0 radical (unpaired) electrons. The van der Waals surface area contributed by atoms with Crippen molar-refractivity contribution < 1.29 is 9.59 Å². The fourth-order valence-corrected chi connectivity index (χ4v) is 2.09. The lowest BCUT2D eigenvalue weighted by molar-refractivity contribution is -0.139. The fourth-order valence-electron chi connectivity index (χ4n) is 2.09. The lowest BCUT2D eigenvalue weighted by atomic mass is 9.97. The summed E-state index contributed by atoms with van der Waals surface area (Å²) in [5.41, 5.74) is 5.24. The zero-order valence-corrected chi connectivity index (χ0v) is 11.1. The van der Waals surface area contributed by atoms with E-state index in [1.807, 2.05) is 0 Å². The van der Waals surface area contributed by atoms with Crippen LogP contribution in [0.1, 0.15) is 19.8 Å². The van der Waals surface area contributed by atoms with Crippen LogP contribution in [-0.4, -0.2) is 56.0 Å². The number of nitrogens with two attached hydrogens (primary N) is 1. The Morgan fingerprint density at radius 3 is 2.39 bits per heavy atom. The molecule has 0 aromatic rings. The van der Waals surface area contributed by atoms with Crippen molar-refractivity contribution in [2.75, 3.05) is 39.3 Å². The molecule has 104 valence electrons. The summed E-state index contributed by atoms with van der Waals surface area (Å²) < 4.78 is 0. The van der Waals surface area contributed by atoms with Gasteiger partial charge in [0.05, 0.1) is 0 Å². The van der Waals surface area contributed by atoms with E-state index < -0.39 is 11.8 Å². The third-order valence-electron chi connectivity index (χ3n) is 3.34. The van der Waals surface area contributed by atoms with Gasteiger partial charge in [-0.25, -0.2) is 0 Å². The second-order valence-corrected chi connectivity index (χ2v) is 4.63. The van der Waals surface area contributed by atoms with Crippen molar-refractivity contribution in [1.29, 1.82) is 0 Å². The quantitative estimate of drug-likeness (QED) is 0.545. The van der Waals surface area contributed by atoms with E-state index in [0.29, 0.717) is 25.6 Å². The minimum Gasteiger partial charge on any atom is -0.348 e.